The van der Waals surface area contributed by atoms with Crippen LogP contribution in [0.1, 0.15) is 22.5 Å². The van der Waals surface area contributed by atoms with Crippen molar-refractivity contribution < 1.29 is 9.53 Å². The number of methoxy groups -OCH3 is 1. The molecule has 4 nitrogen and oxygen atoms in total. The van der Waals surface area contributed by atoms with E-state index in [0.29, 0.717) is 16.3 Å². The summed E-state index contributed by atoms with van der Waals surface area (Å²) in [6.07, 6.45) is 2.21. The molecule has 3 rings (SSSR count). The van der Waals surface area contributed by atoms with E-state index >= 15 is 0 Å². The zero-order valence-electron chi connectivity index (χ0n) is 11.8. The highest BCUT2D eigenvalue weighted by Gasteiger charge is 2.22. The third kappa shape index (κ3) is 2.82. The van der Waals surface area contributed by atoms with Gasteiger partial charge in [-0.15, -0.1) is 11.3 Å². The number of hydrogen-bond donors (Lipinski definition) is 2. The van der Waals surface area contributed by atoms with E-state index in [9.17, 15) is 4.79 Å². The number of carbonyl (C=O) groups excluding carboxylic acids is 1. The number of rotatable bonds is 3. The molecule has 6 heteroatoms. The SMILES string of the molecule is COc1cccc2sc(C(=O)NC3CCCSC3)c(N)c12. The second-order valence-electron chi connectivity index (χ2n) is 5.07. The highest BCUT2D eigenvalue weighted by Crippen LogP contribution is 2.39. The van der Waals surface area contributed by atoms with Gasteiger partial charge in [-0.25, -0.2) is 0 Å². The number of carbonyl (C=O) groups is 1. The fraction of sp³-hybridized carbons (Fsp3) is 0.400. The van der Waals surface area contributed by atoms with E-state index in [1.54, 1.807) is 7.11 Å². The molecule has 1 aliphatic heterocycles. The zero-order chi connectivity index (χ0) is 14.8. The molecule has 21 heavy (non-hydrogen) atoms. The predicted octanol–water partition coefficient (Wildman–Crippen LogP) is 3.12. The van der Waals surface area contributed by atoms with Crippen molar-refractivity contribution in [3.05, 3.63) is 23.1 Å². The maximum absolute atomic E-state index is 12.5. The number of nitrogens with one attached hydrogen (secondary N) is 1. The molecule has 0 radical (unpaired) electrons. The normalized spacial score (nSPS) is 18.6. The molecule has 3 N–H and O–H groups in total. The summed E-state index contributed by atoms with van der Waals surface area (Å²) in [4.78, 5) is 13.1. The van der Waals surface area contributed by atoms with Gasteiger partial charge in [0.15, 0.2) is 0 Å². The number of thioether (sulfide) groups is 1. The topological polar surface area (TPSA) is 64.3 Å². The fourth-order valence-corrected chi connectivity index (χ4v) is 4.70. The molecule has 1 amide bonds. The molecule has 1 saturated heterocycles. The lowest BCUT2D eigenvalue weighted by Crippen LogP contribution is -2.38. The lowest BCUT2D eigenvalue weighted by Gasteiger charge is -2.22. The summed E-state index contributed by atoms with van der Waals surface area (Å²) in [5.41, 5.74) is 6.71. The Balaban J connectivity index is 1.89. The highest BCUT2D eigenvalue weighted by molar-refractivity contribution is 7.99. The van der Waals surface area contributed by atoms with E-state index in [0.717, 1.165) is 28.7 Å². The number of nitrogen functional groups attached to an aromatic ring is 1. The summed E-state index contributed by atoms with van der Waals surface area (Å²) in [7, 11) is 1.62. The van der Waals surface area contributed by atoms with Crippen LogP contribution in [0.3, 0.4) is 0 Å². The number of fused-ring (bicyclic) bond motifs is 1. The molecule has 0 spiro atoms. The first-order valence-electron chi connectivity index (χ1n) is 6.94. The minimum atomic E-state index is -0.0664. The van der Waals surface area contributed by atoms with Gasteiger partial charge < -0.3 is 15.8 Å². The Kier molecular flexibility index (Phi) is 4.26. The van der Waals surface area contributed by atoms with E-state index in [1.165, 1.54) is 17.1 Å². The molecule has 2 heterocycles. The third-order valence-electron chi connectivity index (χ3n) is 3.64. The first-order valence-corrected chi connectivity index (χ1v) is 8.91. The van der Waals surface area contributed by atoms with Gasteiger partial charge in [0.1, 0.15) is 10.6 Å². The maximum Gasteiger partial charge on any atom is 0.263 e. The standard InChI is InChI=1S/C15H18N2O2S2/c1-19-10-5-2-6-11-12(10)13(16)14(21-11)15(18)17-9-4-3-7-20-8-9/h2,5-6,9H,3-4,7-8,16H2,1H3,(H,17,18). The Labute approximate surface area is 132 Å². The lowest BCUT2D eigenvalue weighted by atomic mass is 10.1. The van der Waals surface area contributed by atoms with Crippen LogP contribution >= 0.6 is 23.1 Å². The Morgan fingerprint density at radius 1 is 1.48 bits per heavy atom. The van der Waals surface area contributed by atoms with E-state index in [1.807, 2.05) is 30.0 Å². The molecule has 1 unspecified atom stereocenters. The van der Waals surface area contributed by atoms with Crippen molar-refractivity contribution in [2.24, 2.45) is 0 Å². The summed E-state index contributed by atoms with van der Waals surface area (Å²) in [6, 6.07) is 6.00. The number of anilines is 1. The number of nitrogens with two attached hydrogens (primary N) is 1. The van der Waals surface area contributed by atoms with Gasteiger partial charge in [-0.05, 0) is 30.7 Å². The number of benzene rings is 1. The van der Waals surface area contributed by atoms with Gasteiger partial charge in [0, 0.05) is 16.5 Å². The van der Waals surface area contributed by atoms with Crippen LogP contribution in [0.15, 0.2) is 18.2 Å². The van der Waals surface area contributed by atoms with Crippen molar-refractivity contribution in [3.8, 4) is 5.75 Å². The molecule has 0 aliphatic carbocycles. The van der Waals surface area contributed by atoms with Gasteiger partial charge in [0.25, 0.3) is 5.91 Å². The Morgan fingerprint density at radius 3 is 3.05 bits per heavy atom. The van der Waals surface area contributed by atoms with Crippen molar-refractivity contribution >= 4 is 44.8 Å². The smallest absolute Gasteiger partial charge is 0.263 e. The molecule has 112 valence electrons. The van der Waals surface area contributed by atoms with Gasteiger partial charge in [-0.2, -0.15) is 11.8 Å². The fourth-order valence-electron chi connectivity index (χ4n) is 2.58. The second kappa shape index (κ2) is 6.15. The Morgan fingerprint density at radius 2 is 2.33 bits per heavy atom. The van der Waals surface area contributed by atoms with Gasteiger partial charge in [0.2, 0.25) is 0 Å². The van der Waals surface area contributed by atoms with Crippen LogP contribution in [0.4, 0.5) is 5.69 Å². The number of amides is 1. The summed E-state index contributed by atoms with van der Waals surface area (Å²) in [6.45, 7) is 0. The first kappa shape index (κ1) is 14.5. The second-order valence-corrected chi connectivity index (χ2v) is 7.27. The number of hydrogen-bond acceptors (Lipinski definition) is 5. The van der Waals surface area contributed by atoms with E-state index in [2.05, 4.69) is 5.32 Å². The van der Waals surface area contributed by atoms with Crippen LogP contribution in [0.2, 0.25) is 0 Å². The molecular formula is C15H18N2O2S2. The maximum atomic E-state index is 12.5. The first-order chi connectivity index (χ1) is 10.2. The third-order valence-corrected chi connectivity index (χ3v) is 6.02. The summed E-state index contributed by atoms with van der Waals surface area (Å²) >= 11 is 3.32. The van der Waals surface area contributed by atoms with Gasteiger partial charge in [0.05, 0.1) is 18.2 Å². The van der Waals surface area contributed by atoms with Crippen LogP contribution in [-0.4, -0.2) is 30.6 Å². The van der Waals surface area contributed by atoms with E-state index in [4.69, 9.17) is 10.5 Å². The van der Waals surface area contributed by atoms with Crippen LogP contribution in [0, 0.1) is 0 Å². The van der Waals surface area contributed by atoms with Crippen LogP contribution < -0.4 is 15.8 Å². The molecule has 0 bridgehead atoms. The molecular weight excluding hydrogens is 304 g/mol. The summed E-state index contributed by atoms with van der Waals surface area (Å²) in [5.74, 6) is 2.82. The van der Waals surface area contributed by atoms with Gasteiger partial charge >= 0.3 is 0 Å². The molecule has 1 fully saturated rings. The lowest BCUT2D eigenvalue weighted by molar-refractivity contribution is 0.0943. The van der Waals surface area contributed by atoms with Crippen molar-refractivity contribution in [1.82, 2.24) is 5.32 Å². The minimum Gasteiger partial charge on any atom is -0.496 e. The van der Waals surface area contributed by atoms with E-state index in [-0.39, 0.29) is 11.9 Å². The molecule has 2 aromatic rings. The quantitative estimate of drug-likeness (QED) is 0.911. The van der Waals surface area contributed by atoms with Crippen molar-refractivity contribution in [1.29, 1.82) is 0 Å². The summed E-state index contributed by atoms with van der Waals surface area (Å²) < 4.78 is 6.32. The van der Waals surface area contributed by atoms with Crippen LogP contribution in [-0.2, 0) is 0 Å². The molecule has 0 saturated carbocycles. The van der Waals surface area contributed by atoms with Crippen molar-refractivity contribution in [2.45, 2.75) is 18.9 Å². The van der Waals surface area contributed by atoms with Crippen LogP contribution in [0.5, 0.6) is 5.75 Å². The van der Waals surface area contributed by atoms with Gasteiger partial charge in [-0.1, -0.05) is 6.07 Å². The summed E-state index contributed by atoms with van der Waals surface area (Å²) in [5, 5.41) is 3.95. The average molecular weight is 322 g/mol. The number of thiophene rings is 1. The molecule has 1 aliphatic rings. The van der Waals surface area contributed by atoms with E-state index < -0.39 is 0 Å². The molecule has 1 aromatic heterocycles. The predicted molar refractivity (Wildman–Crippen MR) is 90.6 cm³/mol. The van der Waals surface area contributed by atoms with Crippen LogP contribution in [0.25, 0.3) is 10.1 Å². The average Bonchev–Trinajstić information content (AvgIpc) is 2.86. The largest absolute Gasteiger partial charge is 0.496 e. The number of ether oxygens (including phenoxy) is 1. The zero-order valence-corrected chi connectivity index (χ0v) is 13.5. The Hall–Kier alpha value is -1.40. The monoisotopic (exact) mass is 322 g/mol. The van der Waals surface area contributed by atoms with Crippen molar-refractivity contribution in [2.75, 3.05) is 24.3 Å². The molecule has 1 atom stereocenters. The van der Waals surface area contributed by atoms with Gasteiger partial charge in [-0.3, -0.25) is 4.79 Å². The highest BCUT2D eigenvalue weighted by atomic mass is 32.2. The Bertz CT molecular complexity index is 663. The van der Waals surface area contributed by atoms with Crippen molar-refractivity contribution in [3.63, 3.8) is 0 Å². The molecule has 1 aromatic carbocycles. The minimum absolute atomic E-state index is 0.0664.